The van der Waals surface area contributed by atoms with E-state index in [9.17, 15) is 0 Å². The van der Waals surface area contributed by atoms with Crippen LogP contribution in [0.15, 0.2) is 42.6 Å². The minimum absolute atomic E-state index is 0.343. The Kier molecular flexibility index (Phi) is 4.15. The third-order valence-electron chi connectivity index (χ3n) is 3.08. The Morgan fingerprint density at radius 2 is 1.83 bits per heavy atom. The first-order valence-corrected chi connectivity index (χ1v) is 6.49. The molecule has 0 spiro atoms. The van der Waals surface area contributed by atoms with E-state index in [1.807, 2.05) is 16.9 Å². The Balaban J connectivity index is 1.91. The third-order valence-corrected chi connectivity index (χ3v) is 3.08. The van der Waals surface area contributed by atoms with Crippen LogP contribution in [0.1, 0.15) is 44.1 Å². The number of nitrogens with one attached hydrogen (secondary N) is 1. The van der Waals surface area contributed by atoms with Crippen molar-refractivity contribution in [2.45, 2.75) is 39.4 Å². The summed E-state index contributed by atoms with van der Waals surface area (Å²) < 4.78 is 1.99. The molecular weight excluding hydrogens is 222 g/mol. The highest BCUT2D eigenvalue weighted by molar-refractivity contribution is 5.18. The SMILES string of the molecule is CC(NCc1ccn(C(C)C)n1)c1ccccc1. The lowest BCUT2D eigenvalue weighted by Gasteiger charge is -2.13. The van der Waals surface area contributed by atoms with E-state index in [0.29, 0.717) is 12.1 Å². The minimum Gasteiger partial charge on any atom is -0.304 e. The van der Waals surface area contributed by atoms with Gasteiger partial charge in [0.15, 0.2) is 0 Å². The van der Waals surface area contributed by atoms with Crippen molar-refractivity contribution in [2.24, 2.45) is 0 Å². The van der Waals surface area contributed by atoms with E-state index in [0.717, 1.165) is 12.2 Å². The van der Waals surface area contributed by atoms with Gasteiger partial charge in [0, 0.05) is 24.8 Å². The molecule has 1 N–H and O–H groups in total. The van der Waals surface area contributed by atoms with Gasteiger partial charge in [-0.1, -0.05) is 30.3 Å². The van der Waals surface area contributed by atoms with Gasteiger partial charge >= 0.3 is 0 Å². The summed E-state index contributed by atoms with van der Waals surface area (Å²) in [5, 5.41) is 8.02. The molecule has 1 atom stereocenters. The lowest BCUT2D eigenvalue weighted by atomic mass is 10.1. The molecule has 1 aromatic heterocycles. The van der Waals surface area contributed by atoms with Gasteiger partial charge < -0.3 is 5.32 Å². The zero-order valence-corrected chi connectivity index (χ0v) is 11.3. The first-order chi connectivity index (χ1) is 8.66. The predicted octanol–water partition coefficient (Wildman–Crippen LogP) is 3.31. The molecule has 0 amide bonds. The molecule has 0 saturated heterocycles. The Bertz CT molecular complexity index is 473. The molecule has 2 aromatic rings. The van der Waals surface area contributed by atoms with Crippen molar-refractivity contribution in [3.05, 3.63) is 53.9 Å². The number of benzene rings is 1. The van der Waals surface area contributed by atoms with Gasteiger partial charge in [0.1, 0.15) is 0 Å². The molecule has 3 nitrogen and oxygen atoms in total. The zero-order valence-electron chi connectivity index (χ0n) is 11.3. The second-order valence-electron chi connectivity index (χ2n) is 4.89. The maximum atomic E-state index is 4.53. The number of aromatic nitrogens is 2. The molecule has 0 saturated carbocycles. The summed E-state index contributed by atoms with van der Waals surface area (Å²) in [6, 6.07) is 13.3. The highest BCUT2D eigenvalue weighted by Crippen LogP contribution is 2.12. The first-order valence-electron chi connectivity index (χ1n) is 6.49. The number of hydrogen-bond acceptors (Lipinski definition) is 2. The van der Waals surface area contributed by atoms with Crippen molar-refractivity contribution in [2.75, 3.05) is 0 Å². The number of nitrogens with zero attached hydrogens (tertiary/aromatic N) is 2. The van der Waals surface area contributed by atoms with Crippen LogP contribution in [0.25, 0.3) is 0 Å². The largest absolute Gasteiger partial charge is 0.304 e. The highest BCUT2D eigenvalue weighted by atomic mass is 15.3. The van der Waals surface area contributed by atoms with Crippen LogP contribution in [0.2, 0.25) is 0 Å². The summed E-state index contributed by atoms with van der Waals surface area (Å²) in [6.45, 7) is 7.25. The summed E-state index contributed by atoms with van der Waals surface area (Å²) in [5.74, 6) is 0. The zero-order chi connectivity index (χ0) is 13.0. The standard InChI is InChI=1S/C15H21N3/c1-12(2)18-10-9-15(17-18)11-16-13(3)14-7-5-4-6-8-14/h4-10,12-13,16H,11H2,1-3H3. The van der Waals surface area contributed by atoms with Gasteiger partial charge in [-0.2, -0.15) is 5.10 Å². The third kappa shape index (κ3) is 3.20. The van der Waals surface area contributed by atoms with Gasteiger partial charge in [0.25, 0.3) is 0 Å². The molecule has 2 rings (SSSR count). The number of hydrogen-bond donors (Lipinski definition) is 1. The predicted molar refractivity (Wildman–Crippen MR) is 74.3 cm³/mol. The van der Waals surface area contributed by atoms with Crippen LogP contribution in [0, 0.1) is 0 Å². The van der Waals surface area contributed by atoms with Crippen molar-refractivity contribution >= 4 is 0 Å². The van der Waals surface area contributed by atoms with E-state index in [2.05, 4.69) is 61.5 Å². The van der Waals surface area contributed by atoms with Crippen LogP contribution in [0.4, 0.5) is 0 Å². The van der Waals surface area contributed by atoms with E-state index in [1.165, 1.54) is 5.56 Å². The molecule has 1 aromatic carbocycles. The van der Waals surface area contributed by atoms with Crippen LogP contribution < -0.4 is 5.32 Å². The van der Waals surface area contributed by atoms with Crippen molar-refractivity contribution in [3.8, 4) is 0 Å². The maximum absolute atomic E-state index is 4.53. The van der Waals surface area contributed by atoms with E-state index >= 15 is 0 Å². The Morgan fingerprint density at radius 1 is 1.11 bits per heavy atom. The monoisotopic (exact) mass is 243 g/mol. The Morgan fingerprint density at radius 3 is 2.44 bits per heavy atom. The van der Waals surface area contributed by atoms with Gasteiger partial charge in [-0.3, -0.25) is 4.68 Å². The Labute approximate surface area is 109 Å². The van der Waals surface area contributed by atoms with Crippen LogP contribution in [0.3, 0.4) is 0 Å². The molecule has 0 aliphatic carbocycles. The number of rotatable bonds is 5. The molecule has 18 heavy (non-hydrogen) atoms. The minimum atomic E-state index is 0.343. The fourth-order valence-electron chi connectivity index (χ4n) is 1.88. The van der Waals surface area contributed by atoms with Crippen molar-refractivity contribution in [1.82, 2.24) is 15.1 Å². The van der Waals surface area contributed by atoms with Crippen LogP contribution in [-0.4, -0.2) is 9.78 Å². The van der Waals surface area contributed by atoms with Gasteiger partial charge in [-0.25, -0.2) is 0 Å². The quantitative estimate of drug-likeness (QED) is 0.873. The van der Waals surface area contributed by atoms with E-state index < -0.39 is 0 Å². The van der Waals surface area contributed by atoms with Crippen molar-refractivity contribution in [3.63, 3.8) is 0 Å². The molecule has 1 heterocycles. The average Bonchev–Trinajstić information content (AvgIpc) is 2.86. The Hall–Kier alpha value is -1.61. The summed E-state index contributed by atoms with van der Waals surface area (Å²) in [6.07, 6.45) is 2.04. The van der Waals surface area contributed by atoms with Gasteiger partial charge in [0.2, 0.25) is 0 Å². The molecule has 0 aliphatic heterocycles. The van der Waals surface area contributed by atoms with Crippen LogP contribution in [-0.2, 0) is 6.54 Å². The highest BCUT2D eigenvalue weighted by Gasteiger charge is 2.06. The van der Waals surface area contributed by atoms with Gasteiger partial charge in [0.05, 0.1) is 5.69 Å². The summed E-state index contributed by atoms with van der Waals surface area (Å²) in [7, 11) is 0. The molecule has 0 fully saturated rings. The smallest absolute Gasteiger partial charge is 0.0762 e. The van der Waals surface area contributed by atoms with Crippen molar-refractivity contribution < 1.29 is 0 Å². The summed E-state index contributed by atoms with van der Waals surface area (Å²) >= 11 is 0. The average molecular weight is 243 g/mol. The molecule has 0 aliphatic rings. The second kappa shape index (κ2) is 5.83. The molecule has 3 heteroatoms. The topological polar surface area (TPSA) is 29.9 Å². The normalized spacial score (nSPS) is 12.9. The van der Waals surface area contributed by atoms with E-state index in [4.69, 9.17) is 0 Å². The molecule has 0 bridgehead atoms. The molecule has 96 valence electrons. The van der Waals surface area contributed by atoms with E-state index in [1.54, 1.807) is 0 Å². The molecule has 0 radical (unpaired) electrons. The molecule has 1 unspecified atom stereocenters. The first kappa shape index (κ1) is 12.8. The summed E-state index contributed by atoms with van der Waals surface area (Å²) in [5.41, 5.74) is 2.40. The van der Waals surface area contributed by atoms with Gasteiger partial charge in [-0.15, -0.1) is 0 Å². The van der Waals surface area contributed by atoms with E-state index in [-0.39, 0.29) is 0 Å². The van der Waals surface area contributed by atoms with Crippen LogP contribution >= 0.6 is 0 Å². The lowest BCUT2D eigenvalue weighted by Crippen LogP contribution is -2.18. The van der Waals surface area contributed by atoms with Crippen LogP contribution in [0.5, 0.6) is 0 Å². The fraction of sp³-hybridized carbons (Fsp3) is 0.400. The maximum Gasteiger partial charge on any atom is 0.0762 e. The lowest BCUT2D eigenvalue weighted by molar-refractivity contribution is 0.512. The second-order valence-corrected chi connectivity index (χ2v) is 4.89. The fourth-order valence-corrected chi connectivity index (χ4v) is 1.88. The van der Waals surface area contributed by atoms with Crippen molar-refractivity contribution in [1.29, 1.82) is 0 Å². The molecular formula is C15H21N3. The summed E-state index contributed by atoms with van der Waals surface area (Å²) in [4.78, 5) is 0. The van der Waals surface area contributed by atoms with Gasteiger partial charge in [-0.05, 0) is 32.4 Å².